The Bertz CT molecular complexity index is 1150. The van der Waals surface area contributed by atoms with Gasteiger partial charge in [0.25, 0.3) is 0 Å². The molecule has 28 heavy (non-hydrogen) atoms. The van der Waals surface area contributed by atoms with Crippen LogP contribution in [-0.4, -0.2) is 44.5 Å². The second-order valence-corrected chi connectivity index (χ2v) is 6.30. The lowest BCUT2D eigenvalue weighted by atomic mass is 10.2. The summed E-state index contributed by atoms with van der Waals surface area (Å²) in [6.07, 6.45) is 0.816. The van der Waals surface area contributed by atoms with Crippen molar-refractivity contribution in [2.45, 2.75) is 6.10 Å². The molecule has 0 fully saturated rings. The molecule has 0 amide bonds. The van der Waals surface area contributed by atoms with Crippen molar-refractivity contribution in [1.82, 2.24) is 15.0 Å². The van der Waals surface area contributed by atoms with Crippen LogP contribution >= 0.6 is 0 Å². The number of fused-ring (bicyclic) bond motifs is 1. The number of aromatic nitrogens is 3. The molecule has 0 saturated heterocycles. The van der Waals surface area contributed by atoms with E-state index in [1.54, 1.807) is 30.5 Å². The fraction of sp³-hybridized carbons (Fsp3) is 0.150. The summed E-state index contributed by atoms with van der Waals surface area (Å²) < 4.78 is 6.84. The Kier molecular flexibility index (Phi) is 4.88. The van der Waals surface area contributed by atoms with Gasteiger partial charge in [-0.2, -0.15) is 0 Å². The first-order valence-corrected chi connectivity index (χ1v) is 8.73. The van der Waals surface area contributed by atoms with Gasteiger partial charge in [0.15, 0.2) is 5.69 Å². The highest BCUT2D eigenvalue weighted by Gasteiger charge is 2.12. The molecular formula is C20H18N4O4. The van der Waals surface area contributed by atoms with Gasteiger partial charge in [-0.25, -0.2) is 9.48 Å². The van der Waals surface area contributed by atoms with Crippen LogP contribution in [0.15, 0.2) is 70.0 Å². The van der Waals surface area contributed by atoms with E-state index in [1.165, 1.54) is 4.68 Å². The molecule has 0 radical (unpaired) electrons. The van der Waals surface area contributed by atoms with Crippen molar-refractivity contribution in [3.8, 4) is 16.9 Å². The number of benzene rings is 2. The summed E-state index contributed by atoms with van der Waals surface area (Å²) in [6.45, 7) is -0.145. The second-order valence-electron chi connectivity index (χ2n) is 6.30. The van der Waals surface area contributed by atoms with Crippen LogP contribution in [-0.2, 0) is 0 Å². The SMILES string of the molecule is O=c1oc2cc(NCC(O)CO)ccc2cc1-n1cc(-c2ccccc2)nn1. The lowest BCUT2D eigenvalue weighted by molar-refractivity contribution is 0.105. The van der Waals surface area contributed by atoms with Crippen molar-refractivity contribution in [3.05, 3.63) is 71.2 Å². The maximum atomic E-state index is 12.5. The Hall–Kier alpha value is -3.49. The molecular weight excluding hydrogens is 360 g/mol. The molecule has 0 bridgehead atoms. The zero-order valence-electron chi connectivity index (χ0n) is 14.8. The van der Waals surface area contributed by atoms with E-state index in [0.717, 1.165) is 10.9 Å². The number of hydrogen-bond donors (Lipinski definition) is 3. The molecule has 2 aromatic carbocycles. The number of aliphatic hydroxyl groups is 2. The average molecular weight is 378 g/mol. The number of nitrogens with zero attached hydrogens (tertiary/aromatic N) is 3. The highest BCUT2D eigenvalue weighted by molar-refractivity contribution is 5.81. The van der Waals surface area contributed by atoms with Crippen LogP contribution in [0.2, 0.25) is 0 Å². The van der Waals surface area contributed by atoms with Crippen LogP contribution in [0, 0.1) is 0 Å². The Morgan fingerprint density at radius 1 is 1.14 bits per heavy atom. The van der Waals surface area contributed by atoms with E-state index >= 15 is 0 Å². The Morgan fingerprint density at radius 3 is 2.75 bits per heavy atom. The molecule has 0 aliphatic carbocycles. The van der Waals surface area contributed by atoms with Gasteiger partial charge >= 0.3 is 5.63 Å². The molecule has 142 valence electrons. The number of nitrogens with one attached hydrogen (secondary N) is 1. The highest BCUT2D eigenvalue weighted by atomic mass is 16.4. The summed E-state index contributed by atoms with van der Waals surface area (Å²) in [6, 6.07) is 16.5. The van der Waals surface area contributed by atoms with E-state index in [0.29, 0.717) is 17.0 Å². The van der Waals surface area contributed by atoms with E-state index in [9.17, 15) is 9.90 Å². The molecule has 8 heteroatoms. The summed E-state index contributed by atoms with van der Waals surface area (Å²) in [4.78, 5) is 12.5. The lowest BCUT2D eigenvalue weighted by Gasteiger charge is -2.10. The van der Waals surface area contributed by atoms with Crippen LogP contribution in [0.1, 0.15) is 0 Å². The molecule has 0 aliphatic heterocycles. The number of rotatable bonds is 6. The summed E-state index contributed by atoms with van der Waals surface area (Å²) in [7, 11) is 0. The molecule has 1 atom stereocenters. The summed E-state index contributed by atoms with van der Waals surface area (Å²) >= 11 is 0. The molecule has 4 rings (SSSR count). The van der Waals surface area contributed by atoms with Crippen molar-refractivity contribution >= 4 is 16.7 Å². The minimum Gasteiger partial charge on any atom is -0.421 e. The molecule has 0 aliphatic rings. The van der Waals surface area contributed by atoms with E-state index in [-0.39, 0.29) is 18.8 Å². The second kappa shape index (κ2) is 7.63. The standard InChI is InChI=1S/C20H18N4O4/c25-12-16(26)10-21-15-7-6-14-8-18(20(27)28-19(14)9-15)24-11-17(22-23-24)13-4-2-1-3-5-13/h1-9,11,16,21,25-26H,10,12H2. The first-order chi connectivity index (χ1) is 13.6. The van der Waals surface area contributed by atoms with E-state index < -0.39 is 11.7 Å². The fourth-order valence-corrected chi connectivity index (χ4v) is 2.79. The molecule has 8 nitrogen and oxygen atoms in total. The molecule has 3 N–H and O–H groups in total. The third kappa shape index (κ3) is 3.64. The van der Waals surface area contributed by atoms with Crippen molar-refractivity contribution in [3.63, 3.8) is 0 Å². The summed E-state index contributed by atoms with van der Waals surface area (Å²) in [5.74, 6) is 0. The number of anilines is 1. The Balaban J connectivity index is 1.65. The topological polar surface area (TPSA) is 113 Å². The molecule has 0 spiro atoms. The van der Waals surface area contributed by atoms with Crippen LogP contribution in [0.5, 0.6) is 0 Å². The van der Waals surface area contributed by atoms with Crippen molar-refractivity contribution in [1.29, 1.82) is 0 Å². The molecule has 2 aromatic heterocycles. The first kappa shape index (κ1) is 17.9. The van der Waals surface area contributed by atoms with E-state index in [1.807, 2.05) is 30.3 Å². The van der Waals surface area contributed by atoms with Gasteiger partial charge in [0.05, 0.1) is 18.9 Å². The quantitative estimate of drug-likeness (QED) is 0.439. The van der Waals surface area contributed by atoms with Gasteiger partial charge in [-0.15, -0.1) is 5.10 Å². The molecule has 1 unspecified atom stereocenters. The van der Waals surface area contributed by atoms with Crippen LogP contribution < -0.4 is 10.9 Å². The van der Waals surface area contributed by atoms with Gasteiger partial charge < -0.3 is 19.9 Å². The minimum absolute atomic E-state index is 0.186. The Morgan fingerprint density at radius 2 is 1.96 bits per heavy atom. The monoisotopic (exact) mass is 378 g/mol. The number of hydrogen-bond acceptors (Lipinski definition) is 7. The zero-order valence-corrected chi connectivity index (χ0v) is 14.8. The van der Waals surface area contributed by atoms with Crippen LogP contribution in [0.4, 0.5) is 5.69 Å². The van der Waals surface area contributed by atoms with E-state index in [4.69, 9.17) is 9.52 Å². The van der Waals surface area contributed by atoms with Gasteiger partial charge in [-0.1, -0.05) is 35.5 Å². The predicted octanol–water partition coefficient (Wildman–Crippen LogP) is 1.81. The van der Waals surface area contributed by atoms with Gasteiger partial charge in [-0.3, -0.25) is 0 Å². The van der Waals surface area contributed by atoms with Crippen molar-refractivity contribution in [2.75, 3.05) is 18.5 Å². The Labute approximate surface area is 159 Å². The van der Waals surface area contributed by atoms with Crippen LogP contribution in [0.25, 0.3) is 27.9 Å². The first-order valence-electron chi connectivity index (χ1n) is 8.73. The maximum Gasteiger partial charge on any atom is 0.362 e. The van der Waals surface area contributed by atoms with Gasteiger partial charge in [0, 0.05) is 29.2 Å². The minimum atomic E-state index is -0.865. The molecule has 4 aromatic rings. The van der Waals surface area contributed by atoms with Crippen molar-refractivity contribution in [2.24, 2.45) is 0 Å². The highest BCUT2D eigenvalue weighted by Crippen LogP contribution is 2.21. The third-order valence-corrected chi connectivity index (χ3v) is 4.28. The molecule has 2 heterocycles. The smallest absolute Gasteiger partial charge is 0.362 e. The van der Waals surface area contributed by atoms with Crippen molar-refractivity contribution < 1.29 is 14.6 Å². The predicted molar refractivity (Wildman–Crippen MR) is 104 cm³/mol. The zero-order chi connectivity index (χ0) is 19.5. The maximum absolute atomic E-state index is 12.5. The largest absolute Gasteiger partial charge is 0.421 e. The fourth-order valence-electron chi connectivity index (χ4n) is 2.79. The van der Waals surface area contributed by atoms with Gasteiger partial charge in [-0.05, 0) is 18.2 Å². The lowest BCUT2D eigenvalue weighted by Crippen LogP contribution is -2.22. The van der Waals surface area contributed by atoms with Gasteiger partial charge in [0.2, 0.25) is 0 Å². The third-order valence-electron chi connectivity index (χ3n) is 4.28. The normalized spacial score (nSPS) is 12.2. The van der Waals surface area contributed by atoms with E-state index in [2.05, 4.69) is 15.6 Å². The number of aliphatic hydroxyl groups excluding tert-OH is 2. The van der Waals surface area contributed by atoms with Crippen LogP contribution in [0.3, 0.4) is 0 Å². The summed E-state index contributed by atoms with van der Waals surface area (Å²) in [5.41, 5.74) is 2.36. The summed E-state index contributed by atoms with van der Waals surface area (Å²) in [5, 5.41) is 30.2. The molecule has 0 saturated carbocycles. The van der Waals surface area contributed by atoms with Gasteiger partial charge in [0.1, 0.15) is 11.3 Å². The average Bonchev–Trinajstić information content (AvgIpc) is 3.22.